The van der Waals surface area contributed by atoms with Crippen LogP contribution < -0.4 is 0 Å². The molecule has 1 aromatic carbocycles. The van der Waals surface area contributed by atoms with Crippen LogP contribution in [0, 0.1) is 11.3 Å². The highest BCUT2D eigenvalue weighted by Gasteiger charge is 2.36. The van der Waals surface area contributed by atoms with Gasteiger partial charge in [0.15, 0.2) is 15.6 Å². The number of benzene rings is 1. The third kappa shape index (κ3) is 2.34. The Morgan fingerprint density at radius 3 is 2.86 bits per heavy atom. The zero-order chi connectivity index (χ0) is 15.0. The van der Waals surface area contributed by atoms with Gasteiger partial charge in [0.1, 0.15) is 5.25 Å². The number of hydrogen-bond acceptors (Lipinski definition) is 4. The molecule has 0 amide bonds. The smallest absolute Gasteiger partial charge is 0.183 e. The van der Waals surface area contributed by atoms with Crippen LogP contribution in [0.25, 0.3) is 10.9 Å². The third-order valence-electron chi connectivity index (χ3n) is 3.95. The summed E-state index contributed by atoms with van der Waals surface area (Å²) >= 11 is 0. The molecule has 5 nitrogen and oxygen atoms in total. The standard InChI is InChI=1S/C15H14N2O3S/c16-8-10-4-5-11-12(9-17-13(11)7-10)15(18)14-3-1-2-6-21(14,19)20/h4-5,7,9,14,17H,1-3,6H2. The first-order chi connectivity index (χ1) is 10.0. The van der Waals surface area contributed by atoms with E-state index in [9.17, 15) is 13.2 Å². The number of rotatable bonds is 2. The van der Waals surface area contributed by atoms with Gasteiger partial charge in [-0.1, -0.05) is 12.5 Å². The SMILES string of the molecule is N#Cc1ccc2c(C(=O)C3CCCCS3(=O)=O)c[nH]c2c1. The van der Waals surface area contributed by atoms with E-state index in [1.54, 1.807) is 18.2 Å². The van der Waals surface area contributed by atoms with Crippen molar-refractivity contribution in [2.75, 3.05) is 5.75 Å². The minimum Gasteiger partial charge on any atom is -0.360 e. The Morgan fingerprint density at radius 1 is 1.33 bits per heavy atom. The molecule has 0 aliphatic carbocycles. The van der Waals surface area contributed by atoms with Crippen LogP contribution in [-0.2, 0) is 9.84 Å². The maximum Gasteiger partial charge on any atom is 0.183 e. The number of H-pyrrole nitrogens is 1. The van der Waals surface area contributed by atoms with Crippen molar-refractivity contribution in [3.8, 4) is 6.07 Å². The molecule has 0 saturated carbocycles. The highest BCUT2D eigenvalue weighted by molar-refractivity contribution is 7.92. The van der Waals surface area contributed by atoms with Gasteiger partial charge in [0.2, 0.25) is 0 Å². The Balaban J connectivity index is 2.04. The minimum absolute atomic E-state index is 0.0876. The molecule has 0 spiro atoms. The summed E-state index contributed by atoms with van der Waals surface area (Å²) in [5, 5.41) is 8.61. The number of fused-ring (bicyclic) bond motifs is 1. The number of nitrogens with one attached hydrogen (secondary N) is 1. The lowest BCUT2D eigenvalue weighted by molar-refractivity contribution is 0.0983. The molecule has 1 N–H and O–H groups in total. The van der Waals surface area contributed by atoms with Gasteiger partial charge in [-0.15, -0.1) is 0 Å². The van der Waals surface area contributed by atoms with Crippen LogP contribution in [0.2, 0.25) is 0 Å². The molecule has 2 aromatic rings. The van der Waals surface area contributed by atoms with Crippen molar-refractivity contribution < 1.29 is 13.2 Å². The molecule has 6 heteroatoms. The van der Waals surface area contributed by atoms with Crippen LogP contribution in [0.3, 0.4) is 0 Å². The largest absolute Gasteiger partial charge is 0.360 e. The second kappa shape index (κ2) is 5.01. The van der Waals surface area contributed by atoms with E-state index < -0.39 is 15.1 Å². The van der Waals surface area contributed by atoms with Gasteiger partial charge in [-0.25, -0.2) is 8.42 Å². The zero-order valence-electron chi connectivity index (χ0n) is 11.3. The molecular weight excluding hydrogens is 288 g/mol. The van der Waals surface area contributed by atoms with E-state index >= 15 is 0 Å². The van der Waals surface area contributed by atoms with Gasteiger partial charge < -0.3 is 4.98 Å². The molecule has 1 aliphatic heterocycles. The van der Waals surface area contributed by atoms with Gasteiger partial charge >= 0.3 is 0 Å². The number of nitriles is 1. The van der Waals surface area contributed by atoms with Crippen molar-refractivity contribution >= 4 is 26.5 Å². The fraction of sp³-hybridized carbons (Fsp3) is 0.333. The Kier molecular flexibility index (Phi) is 3.30. The first-order valence-electron chi connectivity index (χ1n) is 6.80. The quantitative estimate of drug-likeness (QED) is 0.861. The van der Waals surface area contributed by atoms with Gasteiger partial charge in [-0.2, -0.15) is 5.26 Å². The number of nitrogens with zero attached hydrogens (tertiary/aromatic N) is 1. The lowest BCUT2D eigenvalue weighted by atomic mass is 10.0. The highest BCUT2D eigenvalue weighted by atomic mass is 32.2. The maximum absolute atomic E-state index is 12.6. The fourth-order valence-corrected chi connectivity index (χ4v) is 4.69. The number of carbonyl (C=O) groups excluding carboxylic acids is 1. The second-order valence-electron chi connectivity index (χ2n) is 5.29. The van der Waals surface area contributed by atoms with Crippen LogP contribution in [-0.4, -0.2) is 30.2 Å². The monoisotopic (exact) mass is 302 g/mol. The number of aromatic amines is 1. The minimum atomic E-state index is -3.35. The molecule has 1 unspecified atom stereocenters. The number of carbonyl (C=O) groups is 1. The van der Waals surface area contributed by atoms with Crippen molar-refractivity contribution in [3.05, 3.63) is 35.5 Å². The second-order valence-corrected chi connectivity index (χ2v) is 7.59. The Morgan fingerprint density at radius 2 is 2.14 bits per heavy atom. The maximum atomic E-state index is 12.6. The van der Waals surface area contributed by atoms with E-state index in [1.807, 2.05) is 6.07 Å². The summed E-state index contributed by atoms with van der Waals surface area (Å²) < 4.78 is 24.2. The first-order valence-corrected chi connectivity index (χ1v) is 8.51. The molecule has 1 aromatic heterocycles. The number of hydrogen-bond donors (Lipinski definition) is 1. The molecule has 21 heavy (non-hydrogen) atoms. The van der Waals surface area contributed by atoms with Gasteiger partial charge in [-0.3, -0.25) is 4.79 Å². The zero-order valence-corrected chi connectivity index (χ0v) is 12.1. The Labute approximate surface area is 122 Å². The average Bonchev–Trinajstić information content (AvgIpc) is 2.89. The Bertz CT molecular complexity index is 859. The number of Topliss-reactive ketones (excluding diaryl/α,β-unsaturated/α-hetero) is 1. The summed E-state index contributed by atoms with van der Waals surface area (Å²) in [5.41, 5.74) is 1.56. The topological polar surface area (TPSA) is 90.8 Å². The van der Waals surface area contributed by atoms with Crippen LogP contribution in [0.5, 0.6) is 0 Å². The highest BCUT2D eigenvalue weighted by Crippen LogP contribution is 2.27. The summed E-state index contributed by atoms with van der Waals surface area (Å²) in [5.74, 6) is -0.254. The predicted molar refractivity (Wildman–Crippen MR) is 78.8 cm³/mol. The van der Waals surface area contributed by atoms with Crippen LogP contribution in [0.15, 0.2) is 24.4 Å². The van der Waals surface area contributed by atoms with E-state index in [0.717, 1.165) is 6.42 Å². The number of ketones is 1. The molecule has 2 heterocycles. The normalized spacial score (nSPS) is 21.0. The van der Waals surface area contributed by atoms with E-state index in [-0.39, 0.29) is 11.5 Å². The summed E-state index contributed by atoms with van der Waals surface area (Å²) in [6.45, 7) is 0. The van der Waals surface area contributed by atoms with Gasteiger partial charge in [0.05, 0.1) is 17.4 Å². The number of sulfone groups is 1. The van der Waals surface area contributed by atoms with Gasteiger partial charge in [0.25, 0.3) is 0 Å². The lowest BCUT2D eigenvalue weighted by Gasteiger charge is -2.20. The van der Waals surface area contributed by atoms with Crippen molar-refractivity contribution in [1.82, 2.24) is 4.98 Å². The van der Waals surface area contributed by atoms with Gasteiger partial charge in [0, 0.05) is 22.7 Å². The first kappa shape index (κ1) is 13.8. The van der Waals surface area contributed by atoms with E-state index in [0.29, 0.717) is 34.9 Å². The third-order valence-corrected chi connectivity index (χ3v) is 6.12. The predicted octanol–water partition coefficient (Wildman–Crippen LogP) is 2.19. The van der Waals surface area contributed by atoms with Crippen molar-refractivity contribution in [3.63, 3.8) is 0 Å². The molecule has 108 valence electrons. The molecule has 1 saturated heterocycles. The Hall–Kier alpha value is -2.13. The molecule has 0 radical (unpaired) electrons. The van der Waals surface area contributed by atoms with Crippen LogP contribution in [0.1, 0.15) is 35.2 Å². The van der Waals surface area contributed by atoms with E-state index in [2.05, 4.69) is 4.98 Å². The van der Waals surface area contributed by atoms with Gasteiger partial charge in [-0.05, 0) is 25.0 Å². The molecule has 1 aliphatic rings. The molecule has 3 rings (SSSR count). The van der Waals surface area contributed by atoms with Crippen LogP contribution in [0.4, 0.5) is 0 Å². The average molecular weight is 302 g/mol. The van der Waals surface area contributed by atoms with E-state index in [4.69, 9.17) is 5.26 Å². The summed E-state index contributed by atoms with van der Waals surface area (Å²) in [6, 6.07) is 7.00. The fourth-order valence-electron chi connectivity index (χ4n) is 2.82. The van der Waals surface area contributed by atoms with Crippen molar-refractivity contribution in [2.45, 2.75) is 24.5 Å². The molecule has 1 fully saturated rings. The summed E-state index contributed by atoms with van der Waals surface area (Å²) in [4.78, 5) is 15.5. The van der Waals surface area contributed by atoms with E-state index in [1.165, 1.54) is 6.20 Å². The molecular formula is C15H14N2O3S. The molecule has 0 bridgehead atoms. The van der Waals surface area contributed by atoms with Crippen molar-refractivity contribution in [2.24, 2.45) is 0 Å². The summed E-state index contributed by atoms with van der Waals surface area (Å²) in [7, 11) is -3.35. The summed E-state index contributed by atoms with van der Waals surface area (Å²) in [6.07, 6.45) is 3.32. The van der Waals surface area contributed by atoms with Crippen LogP contribution >= 0.6 is 0 Å². The molecule has 1 atom stereocenters. The lowest BCUT2D eigenvalue weighted by Crippen LogP contribution is -2.35. The number of aromatic nitrogens is 1. The van der Waals surface area contributed by atoms with Crippen molar-refractivity contribution in [1.29, 1.82) is 5.26 Å².